The minimum atomic E-state index is -3.27. The second-order valence-electron chi connectivity index (χ2n) is 4.82. The first-order chi connectivity index (χ1) is 9.14. The summed E-state index contributed by atoms with van der Waals surface area (Å²) in [6, 6.07) is 3.66. The number of rotatable bonds is 5. The van der Waals surface area contributed by atoms with Gasteiger partial charge in [-0.3, -0.25) is 0 Å². The van der Waals surface area contributed by atoms with Crippen LogP contribution in [0.1, 0.15) is 37.5 Å². The fourth-order valence-electron chi connectivity index (χ4n) is 2.25. The molecule has 0 atom stereocenters. The fraction of sp³-hybridized carbons (Fsp3) is 0.692. The van der Waals surface area contributed by atoms with Gasteiger partial charge in [0.05, 0.1) is 0 Å². The summed E-state index contributed by atoms with van der Waals surface area (Å²) in [5, 5.41) is 3.22. The zero-order valence-electron chi connectivity index (χ0n) is 11.4. The first kappa shape index (κ1) is 15.0. The predicted octanol–water partition coefficient (Wildman–Crippen LogP) is 2.42. The SMILES string of the molecule is CCNCc1ccc(S(=O)(=O)N2CCCCCC2)s1. The van der Waals surface area contributed by atoms with E-state index in [9.17, 15) is 8.42 Å². The Labute approximate surface area is 119 Å². The lowest BCUT2D eigenvalue weighted by atomic mass is 10.2. The Morgan fingerprint density at radius 1 is 1.21 bits per heavy atom. The molecule has 1 fully saturated rings. The zero-order chi connectivity index (χ0) is 13.7. The van der Waals surface area contributed by atoms with Crippen LogP contribution in [-0.2, 0) is 16.6 Å². The van der Waals surface area contributed by atoms with E-state index < -0.39 is 10.0 Å². The first-order valence-corrected chi connectivity index (χ1v) is 9.20. The Morgan fingerprint density at radius 3 is 2.53 bits per heavy atom. The van der Waals surface area contributed by atoms with Crippen LogP contribution in [0, 0.1) is 0 Å². The molecule has 1 aliphatic heterocycles. The van der Waals surface area contributed by atoms with Gasteiger partial charge in [-0.2, -0.15) is 4.31 Å². The average Bonchev–Trinajstić information content (AvgIpc) is 2.70. The molecule has 108 valence electrons. The minimum Gasteiger partial charge on any atom is -0.312 e. The molecule has 2 heterocycles. The van der Waals surface area contributed by atoms with Crippen LogP contribution in [-0.4, -0.2) is 32.4 Å². The predicted molar refractivity (Wildman–Crippen MR) is 78.9 cm³/mol. The van der Waals surface area contributed by atoms with Gasteiger partial charge in [0, 0.05) is 24.5 Å². The third-order valence-corrected chi connectivity index (χ3v) is 6.80. The van der Waals surface area contributed by atoms with Crippen molar-refractivity contribution in [3.63, 3.8) is 0 Å². The van der Waals surface area contributed by atoms with Crippen LogP contribution < -0.4 is 5.32 Å². The van der Waals surface area contributed by atoms with Gasteiger partial charge in [-0.25, -0.2) is 8.42 Å². The molecule has 0 radical (unpaired) electrons. The summed E-state index contributed by atoms with van der Waals surface area (Å²) >= 11 is 1.39. The van der Waals surface area contributed by atoms with Crippen LogP contribution >= 0.6 is 11.3 Å². The highest BCUT2D eigenvalue weighted by Crippen LogP contribution is 2.26. The van der Waals surface area contributed by atoms with Crippen LogP contribution in [0.5, 0.6) is 0 Å². The number of nitrogens with one attached hydrogen (secondary N) is 1. The molecular weight excluding hydrogens is 280 g/mol. The van der Waals surface area contributed by atoms with Crippen molar-refractivity contribution in [1.29, 1.82) is 0 Å². The number of nitrogens with zero attached hydrogens (tertiary/aromatic N) is 1. The van der Waals surface area contributed by atoms with Gasteiger partial charge in [-0.15, -0.1) is 11.3 Å². The first-order valence-electron chi connectivity index (χ1n) is 6.94. The number of thiophene rings is 1. The second kappa shape index (κ2) is 6.83. The van der Waals surface area contributed by atoms with Crippen molar-refractivity contribution in [2.45, 2.75) is 43.4 Å². The monoisotopic (exact) mass is 302 g/mol. The van der Waals surface area contributed by atoms with Gasteiger partial charge in [-0.1, -0.05) is 19.8 Å². The lowest BCUT2D eigenvalue weighted by Crippen LogP contribution is -2.31. The Kier molecular flexibility index (Phi) is 5.38. The summed E-state index contributed by atoms with van der Waals surface area (Å²) in [7, 11) is -3.27. The normalized spacial score (nSPS) is 18.4. The molecule has 6 heteroatoms. The molecule has 1 saturated heterocycles. The molecule has 1 aromatic heterocycles. The van der Waals surface area contributed by atoms with Crippen LogP contribution in [0.3, 0.4) is 0 Å². The number of hydrogen-bond donors (Lipinski definition) is 1. The van der Waals surface area contributed by atoms with E-state index in [0.29, 0.717) is 17.3 Å². The summed E-state index contributed by atoms with van der Waals surface area (Å²) in [6.45, 7) is 5.02. The summed E-state index contributed by atoms with van der Waals surface area (Å²) < 4.78 is 27.2. The lowest BCUT2D eigenvalue weighted by molar-refractivity contribution is 0.425. The fourth-order valence-corrected chi connectivity index (χ4v) is 5.25. The smallest absolute Gasteiger partial charge is 0.252 e. The molecule has 0 aliphatic carbocycles. The molecule has 19 heavy (non-hydrogen) atoms. The molecule has 0 spiro atoms. The molecule has 0 bridgehead atoms. The maximum Gasteiger partial charge on any atom is 0.252 e. The van der Waals surface area contributed by atoms with Gasteiger partial charge in [0.25, 0.3) is 10.0 Å². The maximum atomic E-state index is 12.5. The van der Waals surface area contributed by atoms with Crippen molar-refractivity contribution in [3.8, 4) is 0 Å². The largest absolute Gasteiger partial charge is 0.312 e. The Balaban J connectivity index is 2.11. The highest BCUT2D eigenvalue weighted by molar-refractivity contribution is 7.91. The topological polar surface area (TPSA) is 49.4 Å². The van der Waals surface area contributed by atoms with Crippen LogP contribution in [0.25, 0.3) is 0 Å². The third kappa shape index (κ3) is 3.78. The molecule has 0 aromatic carbocycles. The van der Waals surface area contributed by atoms with Gasteiger partial charge in [0.2, 0.25) is 0 Å². The lowest BCUT2D eigenvalue weighted by Gasteiger charge is -2.18. The van der Waals surface area contributed by atoms with E-state index in [4.69, 9.17) is 0 Å². The van der Waals surface area contributed by atoms with Crippen molar-refractivity contribution in [2.75, 3.05) is 19.6 Å². The molecule has 1 N–H and O–H groups in total. The number of hydrogen-bond acceptors (Lipinski definition) is 4. The summed E-state index contributed by atoms with van der Waals surface area (Å²) in [6.07, 6.45) is 4.24. The van der Waals surface area contributed by atoms with Gasteiger partial charge >= 0.3 is 0 Å². The van der Waals surface area contributed by atoms with Crippen molar-refractivity contribution in [2.24, 2.45) is 0 Å². The van der Waals surface area contributed by atoms with Crippen LogP contribution in [0.4, 0.5) is 0 Å². The average molecular weight is 302 g/mol. The van der Waals surface area contributed by atoms with E-state index in [1.54, 1.807) is 10.4 Å². The van der Waals surface area contributed by atoms with Crippen molar-refractivity contribution in [1.82, 2.24) is 9.62 Å². The molecule has 0 unspecified atom stereocenters. The van der Waals surface area contributed by atoms with Crippen molar-refractivity contribution < 1.29 is 8.42 Å². The van der Waals surface area contributed by atoms with E-state index in [0.717, 1.165) is 43.6 Å². The van der Waals surface area contributed by atoms with E-state index >= 15 is 0 Å². The molecule has 0 saturated carbocycles. The summed E-state index contributed by atoms with van der Waals surface area (Å²) in [4.78, 5) is 1.08. The van der Waals surface area contributed by atoms with E-state index in [-0.39, 0.29) is 0 Å². The maximum absolute atomic E-state index is 12.5. The van der Waals surface area contributed by atoms with Crippen LogP contribution in [0.15, 0.2) is 16.3 Å². The Morgan fingerprint density at radius 2 is 1.89 bits per heavy atom. The minimum absolute atomic E-state index is 0.488. The molecule has 1 aliphatic rings. The van der Waals surface area contributed by atoms with E-state index in [2.05, 4.69) is 5.32 Å². The molecular formula is C13H22N2O2S2. The van der Waals surface area contributed by atoms with Gasteiger partial charge in [0.1, 0.15) is 4.21 Å². The number of sulfonamides is 1. The second-order valence-corrected chi connectivity index (χ2v) is 8.15. The van der Waals surface area contributed by atoms with E-state index in [1.807, 2.05) is 13.0 Å². The van der Waals surface area contributed by atoms with Crippen molar-refractivity contribution in [3.05, 3.63) is 17.0 Å². The molecule has 1 aromatic rings. The molecule has 0 amide bonds. The quantitative estimate of drug-likeness (QED) is 0.909. The summed E-state index contributed by atoms with van der Waals surface area (Å²) in [5.74, 6) is 0. The third-order valence-electron chi connectivity index (χ3n) is 3.35. The molecule has 2 rings (SSSR count). The van der Waals surface area contributed by atoms with Crippen LogP contribution in [0.2, 0.25) is 0 Å². The van der Waals surface area contributed by atoms with Gasteiger partial charge in [-0.05, 0) is 31.5 Å². The zero-order valence-corrected chi connectivity index (χ0v) is 13.0. The molecule has 4 nitrogen and oxygen atoms in total. The van der Waals surface area contributed by atoms with E-state index in [1.165, 1.54) is 11.3 Å². The highest BCUT2D eigenvalue weighted by atomic mass is 32.2. The van der Waals surface area contributed by atoms with Crippen molar-refractivity contribution >= 4 is 21.4 Å². The Hall–Kier alpha value is -0.430. The van der Waals surface area contributed by atoms with Gasteiger partial charge in [0.15, 0.2) is 0 Å². The standard InChI is InChI=1S/C13H22N2O2S2/c1-2-14-11-12-7-8-13(18-12)19(16,17)15-9-5-3-4-6-10-15/h7-8,14H,2-6,9-11H2,1H3. The highest BCUT2D eigenvalue weighted by Gasteiger charge is 2.26. The summed E-state index contributed by atoms with van der Waals surface area (Å²) in [5.41, 5.74) is 0. The Bertz CT molecular complexity index is 488. The van der Waals surface area contributed by atoms with Gasteiger partial charge < -0.3 is 5.32 Å².